The third-order valence-corrected chi connectivity index (χ3v) is 7.87. The quantitative estimate of drug-likeness (QED) is 0.216. The summed E-state index contributed by atoms with van der Waals surface area (Å²) in [6.07, 6.45) is -2.07. The van der Waals surface area contributed by atoms with E-state index in [0.29, 0.717) is 53.7 Å². The van der Waals surface area contributed by atoms with Crippen molar-refractivity contribution < 1.29 is 35.9 Å². The Morgan fingerprint density at radius 2 is 1.74 bits per heavy atom. The largest absolute Gasteiger partial charge is 0.439 e. The summed E-state index contributed by atoms with van der Waals surface area (Å²) < 4.78 is 77.2. The van der Waals surface area contributed by atoms with Gasteiger partial charge in [0.2, 0.25) is 15.9 Å². The number of aromatic nitrogens is 2. The number of nitrogens with zero attached hydrogens (tertiary/aromatic N) is 2. The van der Waals surface area contributed by atoms with E-state index < -0.39 is 27.5 Å². The fourth-order valence-electron chi connectivity index (χ4n) is 4.26. The molecular formula is C29H37F3N4O5S. The number of ether oxygens (including phenoxy) is 2. The van der Waals surface area contributed by atoms with Gasteiger partial charge < -0.3 is 14.8 Å². The fraction of sp³-hybridized carbons (Fsp3) is 0.448. The molecule has 3 rings (SSSR count). The predicted octanol–water partition coefficient (Wildman–Crippen LogP) is 5.63. The minimum absolute atomic E-state index is 0.169. The molecule has 1 heterocycles. The maximum Gasteiger partial charge on any atom is 0.404 e. The zero-order chi connectivity index (χ0) is 31.0. The van der Waals surface area contributed by atoms with Crippen molar-refractivity contribution >= 4 is 15.9 Å². The maximum atomic E-state index is 12.7. The Labute approximate surface area is 244 Å². The molecule has 0 spiro atoms. The summed E-state index contributed by atoms with van der Waals surface area (Å²) >= 11 is 0. The van der Waals surface area contributed by atoms with Gasteiger partial charge >= 0.3 is 6.18 Å². The zero-order valence-corrected chi connectivity index (χ0v) is 24.9. The van der Waals surface area contributed by atoms with Gasteiger partial charge in [-0.2, -0.15) is 18.3 Å². The molecular weight excluding hydrogens is 573 g/mol. The number of alkyl halides is 3. The lowest BCUT2D eigenvalue weighted by molar-refractivity contribution is -0.106. The number of carbonyl (C=O) groups excluding carboxylic acids is 1. The lowest BCUT2D eigenvalue weighted by Crippen LogP contribution is -2.44. The van der Waals surface area contributed by atoms with Gasteiger partial charge in [0.1, 0.15) is 5.75 Å². The van der Waals surface area contributed by atoms with Crippen molar-refractivity contribution in [3.63, 3.8) is 0 Å². The highest BCUT2D eigenvalue weighted by atomic mass is 32.2. The van der Waals surface area contributed by atoms with E-state index in [1.165, 1.54) is 13.8 Å². The van der Waals surface area contributed by atoms with E-state index in [0.717, 1.165) is 19.3 Å². The molecule has 0 bridgehead atoms. The summed E-state index contributed by atoms with van der Waals surface area (Å²) in [6, 6.07) is 15.2. The Hall–Kier alpha value is -3.42. The molecule has 0 aliphatic rings. The summed E-state index contributed by atoms with van der Waals surface area (Å²) in [6.45, 7) is 6.65. The molecule has 9 nitrogen and oxygen atoms in total. The Kier molecular flexibility index (Phi) is 11.2. The van der Waals surface area contributed by atoms with Crippen LogP contribution < -0.4 is 14.8 Å². The van der Waals surface area contributed by atoms with E-state index in [1.807, 2.05) is 6.92 Å². The van der Waals surface area contributed by atoms with E-state index in [4.69, 9.17) is 9.47 Å². The standard InChI is InChI=1S/C29H37F3N4O5S/c1-5-36-26(41-24-14-12-21(13-15-24)27(37)33-16-7-6-8-17-40-4)19-25(34-36)22-10-9-11-23(18-22)28(2,3)35-42(38,39)20-29(30,31)32/h9-15,18-19,35H,5-8,16-17,20H2,1-4H3,(H,33,37). The van der Waals surface area contributed by atoms with E-state index in [2.05, 4.69) is 15.1 Å². The van der Waals surface area contributed by atoms with Crippen molar-refractivity contribution in [1.29, 1.82) is 0 Å². The van der Waals surface area contributed by atoms with E-state index in [1.54, 1.807) is 66.4 Å². The van der Waals surface area contributed by atoms with E-state index >= 15 is 0 Å². The van der Waals surface area contributed by atoms with Gasteiger partial charge in [-0.3, -0.25) is 4.79 Å². The minimum Gasteiger partial charge on any atom is -0.439 e. The van der Waals surface area contributed by atoms with Gasteiger partial charge in [0.25, 0.3) is 5.91 Å². The number of rotatable bonds is 15. The van der Waals surface area contributed by atoms with Crippen LogP contribution in [0.5, 0.6) is 11.6 Å². The van der Waals surface area contributed by atoms with Gasteiger partial charge in [-0.25, -0.2) is 17.8 Å². The number of hydrogen-bond acceptors (Lipinski definition) is 6. The first-order valence-electron chi connectivity index (χ1n) is 13.6. The van der Waals surface area contributed by atoms with Gasteiger partial charge in [0, 0.05) is 44.0 Å². The van der Waals surface area contributed by atoms with Crippen molar-refractivity contribution in [2.45, 2.75) is 58.3 Å². The predicted molar refractivity (Wildman–Crippen MR) is 154 cm³/mol. The second kappa shape index (κ2) is 14.2. The number of nitrogens with one attached hydrogen (secondary N) is 2. The van der Waals surface area contributed by atoms with Crippen molar-refractivity contribution in [2.75, 3.05) is 26.0 Å². The molecule has 1 aromatic heterocycles. The van der Waals surface area contributed by atoms with Crippen LogP contribution in [0.1, 0.15) is 56.0 Å². The van der Waals surface area contributed by atoms with Crippen LogP contribution in [-0.2, 0) is 26.8 Å². The summed E-state index contributed by atoms with van der Waals surface area (Å²) in [5, 5.41) is 7.48. The first-order chi connectivity index (χ1) is 19.7. The Morgan fingerprint density at radius 1 is 1.02 bits per heavy atom. The molecule has 42 heavy (non-hydrogen) atoms. The SMILES string of the molecule is CCn1nc(-c2cccc(C(C)(C)NS(=O)(=O)CC(F)(F)F)c2)cc1Oc1ccc(C(=O)NCCCCCOC)cc1. The topological polar surface area (TPSA) is 112 Å². The van der Waals surface area contributed by atoms with Crippen LogP contribution in [0.15, 0.2) is 54.6 Å². The van der Waals surface area contributed by atoms with Crippen molar-refractivity contribution in [3.05, 3.63) is 65.7 Å². The highest BCUT2D eigenvalue weighted by Crippen LogP contribution is 2.31. The number of hydrogen-bond donors (Lipinski definition) is 2. The molecule has 0 unspecified atom stereocenters. The summed E-state index contributed by atoms with van der Waals surface area (Å²) in [5.74, 6) is -1.19. The number of aryl methyl sites for hydroxylation is 1. The lowest BCUT2D eigenvalue weighted by atomic mass is 9.93. The number of unbranched alkanes of at least 4 members (excludes halogenated alkanes) is 2. The van der Waals surface area contributed by atoms with Crippen LogP contribution in [0.2, 0.25) is 0 Å². The van der Waals surface area contributed by atoms with Crippen LogP contribution in [0, 0.1) is 0 Å². The molecule has 1 amide bonds. The Morgan fingerprint density at radius 3 is 2.38 bits per heavy atom. The molecule has 0 aliphatic heterocycles. The summed E-state index contributed by atoms with van der Waals surface area (Å²) in [5.41, 5.74) is 0.813. The van der Waals surface area contributed by atoms with Crippen LogP contribution >= 0.6 is 0 Å². The molecule has 3 aromatic rings. The smallest absolute Gasteiger partial charge is 0.404 e. The highest BCUT2D eigenvalue weighted by molar-refractivity contribution is 7.89. The number of carbonyl (C=O) groups is 1. The summed E-state index contributed by atoms with van der Waals surface area (Å²) in [7, 11) is -2.96. The Bertz CT molecular complexity index is 1440. The van der Waals surface area contributed by atoms with Gasteiger partial charge in [0.15, 0.2) is 5.75 Å². The highest BCUT2D eigenvalue weighted by Gasteiger charge is 2.38. The van der Waals surface area contributed by atoms with Gasteiger partial charge in [-0.1, -0.05) is 18.2 Å². The summed E-state index contributed by atoms with van der Waals surface area (Å²) in [4.78, 5) is 12.4. The first-order valence-corrected chi connectivity index (χ1v) is 15.2. The monoisotopic (exact) mass is 610 g/mol. The molecule has 0 aliphatic carbocycles. The van der Waals surface area contributed by atoms with E-state index in [9.17, 15) is 26.4 Å². The number of benzene rings is 2. The average Bonchev–Trinajstić information content (AvgIpc) is 3.31. The zero-order valence-electron chi connectivity index (χ0n) is 24.1. The van der Waals surface area contributed by atoms with Gasteiger partial charge in [-0.05, 0) is 75.9 Å². The molecule has 0 saturated carbocycles. The van der Waals surface area contributed by atoms with Crippen LogP contribution in [0.25, 0.3) is 11.3 Å². The molecule has 230 valence electrons. The fourth-order valence-corrected chi connectivity index (χ4v) is 5.66. The molecule has 0 radical (unpaired) electrons. The average molecular weight is 611 g/mol. The van der Waals surface area contributed by atoms with Gasteiger partial charge in [-0.15, -0.1) is 0 Å². The third-order valence-electron chi connectivity index (χ3n) is 6.34. The number of methoxy groups -OCH3 is 1. The van der Waals surface area contributed by atoms with Crippen LogP contribution in [0.3, 0.4) is 0 Å². The van der Waals surface area contributed by atoms with Crippen molar-refractivity contribution in [2.24, 2.45) is 0 Å². The normalized spacial score (nSPS) is 12.4. The molecule has 2 aromatic carbocycles. The number of sulfonamides is 1. The maximum absolute atomic E-state index is 12.7. The molecule has 13 heteroatoms. The van der Waals surface area contributed by atoms with Crippen molar-refractivity contribution in [1.82, 2.24) is 19.8 Å². The second-order valence-electron chi connectivity index (χ2n) is 10.3. The van der Waals surface area contributed by atoms with Crippen LogP contribution in [0.4, 0.5) is 13.2 Å². The lowest BCUT2D eigenvalue weighted by Gasteiger charge is -2.27. The van der Waals surface area contributed by atoms with Gasteiger partial charge in [0.05, 0.1) is 11.2 Å². The number of amides is 1. The number of halogens is 3. The first kappa shape index (κ1) is 33.1. The second-order valence-corrected chi connectivity index (χ2v) is 12.0. The Balaban J connectivity index is 1.70. The molecule has 0 saturated heterocycles. The van der Waals surface area contributed by atoms with E-state index in [-0.39, 0.29) is 5.91 Å². The minimum atomic E-state index is -4.86. The molecule has 2 N–H and O–H groups in total. The third kappa shape index (κ3) is 9.85. The van der Waals surface area contributed by atoms with Crippen molar-refractivity contribution in [3.8, 4) is 22.9 Å². The molecule has 0 fully saturated rings. The van der Waals surface area contributed by atoms with Crippen LogP contribution in [-0.4, -0.2) is 56.3 Å². The molecule has 0 atom stereocenters.